The number of rotatable bonds is 5. The maximum absolute atomic E-state index is 13.5. The highest BCUT2D eigenvalue weighted by atomic mass is 32.2. The van der Waals surface area contributed by atoms with Gasteiger partial charge in [-0.15, -0.1) is 0 Å². The number of sulfonamides is 1. The predicted molar refractivity (Wildman–Crippen MR) is 115 cm³/mol. The lowest BCUT2D eigenvalue weighted by atomic mass is 9.89. The van der Waals surface area contributed by atoms with Crippen molar-refractivity contribution in [1.82, 2.24) is 0 Å². The molecule has 1 aliphatic carbocycles. The molecule has 8 heteroatoms. The van der Waals surface area contributed by atoms with Crippen LogP contribution in [0.1, 0.15) is 32.1 Å². The van der Waals surface area contributed by atoms with Gasteiger partial charge in [-0.1, -0.05) is 31.4 Å². The summed E-state index contributed by atoms with van der Waals surface area (Å²) in [7, 11) is -1.08. The molecule has 2 aliphatic rings. The van der Waals surface area contributed by atoms with Gasteiger partial charge in [0, 0.05) is 12.6 Å². The molecule has 2 amide bonds. The van der Waals surface area contributed by atoms with Crippen LogP contribution >= 0.6 is 0 Å². The Morgan fingerprint density at radius 1 is 0.967 bits per heavy atom. The van der Waals surface area contributed by atoms with Crippen LogP contribution in [0.25, 0.3) is 0 Å². The van der Waals surface area contributed by atoms with Gasteiger partial charge in [-0.3, -0.25) is 4.90 Å². The third kappa shape index (κ3) is 3.49. The van der Waals surface area contributed by atoms with Gasteiger partial charge in [0.05, 0.1) is 25.6 Å². The Morgan fingerprint density at radius 2 is 1.67 bits per heavy atom. The number of hydrogen-bond donors (Lipinski definition) is 0. The van der Waals surface area contributed by atoms with Crippen LogP contribution in [0.4, 0.5) is 16.2 Å². The van der Waals surface area contributed by atoms with Crippen molar-refractivity contribution in [3.05, 3.63) is 42.5 Å². The first-order valence-electron chi connectivity index (χ1n) is 10.1. The highest BCUT2D eigenvalue weighted by Crippen LogP contribution is 2.40. The third-order valence-electron chi connectivity index (χ3n) is 5.85. The summed E-state index contributed by atoms with van der Waals surface area (Å²) in [5, 5.41) is 0. The van der Waals surface area contributed by atoms with E-state index in [9.17, 15) is 13.2 Å². The first kappa shape index (κ1) is 20.5. The van der Waals surface area contributed by atoms with Crippen LogP contribution < -0.4 is 18.7 Å². The fraction of sp³-hybridized carbons (Fsp3) is 0.409. The molecule has 0 radical (unpaired) electrons. The lowest BCUT2D eigenvalue weighted by Gasteiger charge is -2.38. The number of benzene rings is 2. The molecule has 0 atom stereocenters. The first-order valence-corrected chi connectivity index (χ1v) is 11.6. The van der Waals surface area contributed by atoms with E-state index < -0.39 is 16.1 Å². The summed E-state index contributed by atoms with van der Waals surface area (Å²) < 4.78 is 38.3. The summed E-state index contributed by atoms with van der Waals surface area (Å²) in [6.45, 7) is 0.509. The Labute approximate surface area is 177 Å². The SMILES string of the molecule is COc1ccc(N2C(=O)N(CC3CCCCC3)c3ccccc3S2(=O)=O)cc1OC. The third-order valence-corrected chi connectivity index (χ3v) is 7.59. The minimum Gasteiger partial charge on any atom is -0.493 e. The Morgan fingerprint density at radius 3 is 2.37 bits per heavy atom. The van der Waals surface area contributed by atoms with Crippen LogP contribution in [0.5, 0.6) is 11.5 Å². The molecular weight excluding hydrogens is 404 g/mol. The fourth-order valence-corrected chi connectivity index (χ4v) is 5.90. The molecule has 0 N–H and O–H groups in total. The molecule has 30 heavy (non-hydrogen) atoms. The van der Waals surface area contributed by atoms with Crippen molar-refractivity contribution in [2.24, 2.45) is 5.92 Å². The van der Waals surface area contributed by atoms with Crippen molar-refractivity contribution < 1.29 is 22.7 Å². The van der Waals surface area contributed by atoms with Crippen molar-refractivity contribution in [2.45, 2.75) is 37.0 Å². The molecule has 1 aliphatic heterocycles. The number of nitrogens with zero attached hydrogens (tertiary/aromatic N) is 2. The van der Waals surface area contributed by atoms with Gasteiger partial charge in [0.15, 0.2) is 11.5 Å². The Bertz CT molecular complexity index is 1050. The van der Waals surface area contributed by atoms with Gasteiger partial charge in [-0.25, -0.2) is 13.2 Å². The molecule has 160 valence electrons. The minimum atomic E-state index is -4.06. The number of carbonyl (C=O) groups is 1. The van der Waals surface area contributed by atoms with Gasteiger partial charge < -0.3 is 9.47 Å². The van der Waals surface area contributed by atoms with Crippen LogP contribution in [0.3, 0.4) is 0 Å². The molecule has 1 saturated carbocycles. The average molecular weight is 431 g/mol. The zero-order valence-electron chi connectivity index (χ0n) is 17.2. The van der Waals surface area contributed by atoms with Crippen molar-refractivity contribution in [3.8, 4) is 11.5 Å². The zero-order valence-corrected chi connectivity index (χ0v) is 18.0. The van der Waals surface area contributed by atoms with Crippen LogP contribution in [-0.2, 0) is 10.0 Å². The maximum Gasteiger partial charge on any atom is 0.343 e. The van der Waals surface area contributed by atoms with E-state index in [0.29, 0.717) is 29.6 Å². The normalized spacial score (nSPS) is 18.8. The molecule has 1 fully saturated rings. The quantitative estimate of drug-likeness (QED) is 0.702. The van der Waals surface area contributed by atoms with E-state index in [1.165, 1.54) is 26.7 Å². The second-order valence-corrected chi connectivity index (χ2v) is 9.43. The second-order valence-electron chi connectivity index (χ2n) is 7.67. The molecule has 0 bridgehead atoms. The van der Waals surface area contributed by atoms with Gasteiger partial charge in [0.25, 0.3) is 10.0 Å². The van der Waals surface area contributed by atoms with Gasteiger partial charge in [-0.05, 0) is 43.0 Å². The van der Waals surface area contributed by atoms with Crippen LogP contribution in [0.2, 0.25) is 0 Å². The number of hydrogen-bond acceptors (Lipinski definition) is 5. The van der Waals surface area contributed by atoms with E-state index in [1.54, 1.807) is 41.3 Å². The number of carbonyl (C=O) groups excluding carboxylic acids is 1. The van der Waals surface area contributed by atoms with E-state index in [1.807, 2.05) is 0 Å². The molecule has 0 aromatic heterocycles. The lowest BCUT2D eigenvalue weighted by molar-refractivity contribution is 0.250. The Balaban J connectivity index is 1.80. The van der Waals surface area contributed by atoms with Gasteiger partial charge >= 0.3 is 6.03 Å². The largest absolute Gasteiger partial charge is 0.493 e. The topological polar surface area (TPSA) is 76.2 Å². The Kier molecular flexibility index (Phi) is 5.60. The van der Waals surface area contributed by atoms with Crippen LogP contribution in [0, 0.1) is 5.92 Å². The smallest absolute Gasteiger partial charge is 0.343 e. The number of anilines is 2. The molecule has 0 unspecified atom stereocenters. The van der Waals surface area contributed by atoms with Gasteiger partial charge in [0.1, 0.15) is 4.90 Å². The Hall–Kier alpha value is -2.74. The molecule has 0 spiro atoms. The van der Waals surface area contributed by atoms with Crippen molar-refractivity contribution >= 4 is 27.4 Å². The number of fused-ring (bicyclic) bond motifs is 1. The van der Waals surface area contributed by atoms with Gasteiger partial charge in [0.2, 0.25) is 0 Å². The lowest BCUT2D eigenvalue weighted by Crippen LogP contribution is -2.52. The second kappa shape index (κ2) is 8.18. The number of urea groups is 1. The molecule has 0 saturated heterocycles. The number of ether oxygens (including phenoxy) is 2. The number of methoxy groups -OCH3 is 2. The minimum absolute atomic E-state index is 0.134. The molecule has 2 aromatic carbocycles. The maximum atomic E-state index is 13.5. The van der Waals surface area contributed by atoms with Crippen molar-refractivity contribution in [1.29, 1.82) is 0 Å². The molecule has 1 heterocycles. The van der Waals surface area contributed by atoms with Crippen LogP contribution in [-0.4, -0.2) is 35.2 Å². The summed E-state index contributed by atoms with van der Waals surface area (Å²) >= 11 is 0. The monoisotopic (exact) mass is 430 g/mol. The standard InChI is InChI=1S/C22H26N2O5S/c1-28-19-13-12-17(14-20(19)29-2)24-22(25)23(15-16-8-4-3-5-9-16)18-10-6-7-11-21(18)30(24,26)27/h6-7,10-14,16H,3-5,8-9,15H2,1-2H3. The van der Waals surface area contributed by atoms with E-state index in [4.69, 9.17) is 9.47 Å². The van der Waals surface area contributed by atoms with Crippen molar-refractivity contribution in [2.75, 3.05) is 30.0 Å². The fourth-order valence-electron chi connectivity index (χ4n) is 4.32. The van der Waals surface area contributed by atoms with E-state index >= 15 is 0 Å². The first-order chi connectivity index (χ1) is 14.5. The summed E-state index contributed by atoms with van der Waals surface area (Å²) in [5.74, 6) is 1.18. The average Bonchev–Trinajstić information content (AvgIpc) is 2.77. The number of amides is 2. The summed E-state index contributed by atoms with van der Waals surface area (Å²) in [6, 6.07) is 10.8. The summed E-state index contributed by atoms with van der Waals surface area (Å²) in [6.07, 6.45) is 5.61. The summed E-state index contributed by atoms with van der Waals surface area (Å²) in [4.78, 5) is 15.3. The zero-order chi connectivity index (χ0) is 21.3. The van der Waals surface area contributed by atoms with Crippen molar-refractivity contribution in [3.63, 3.8) is 0 Å². The van der Waals surface area contributed by atoms with E-state index in [0.717, 1.165) is 30.0 Å². The highest BCUT2D eigenvalue weighted by Gasteiger charge is 2.43. The number of para-hydroxylation sites is 1. The van der Waals surface area contributed by atoms with Crippen LogP contribution in [0.15, 0.2) is 47.4 Å². The predicted octanol–water partition coefficient (Wildman–Crippen LogP) is 4.42. The molecular formula is C22H26N2O5S. The van der Waals surface area contributed by atoms with E-state index in [2.05, 4.69) is 0 Å². The molecule has 2 aromatic rings. The van der Waals surface area contributed by atoms with E-state index in [-0.39, 0.29) is 10.6 Å². The summed E-state index contributed by atoms with van der Waals surface area (Å²) in [5.41, 5.74) is 0.672. The van der Waals surface area contributed by atoms with Gasteiger partial charge in [-0.2, -0.15) is 4.31 Å². The highest BCUT2D eigenvalue weighted by molar-refractivity contribution is 7.94. The molecule has 7 nitrogen and oxygen atoms in total. The molecule has 4 rings (SSSR count).